The van der Waals surface area contributed by atoms with Crippen LogP contribution in [0.4, 0.5) is 0 Å². The van der Waals surface area contributed by atoms with Crippen LogP contribution in [-0.4, -0.2) is 58.6 Å². The molecule has 9 heteroatoms. The van der Waals surface area contributed by atoms with Gasteiger partial charge in [-0.15, -0.1) is 0 Å². The predicted molar refractivity (Wildman–Crippen MR) is 147 cm³/mol. The maximum Gasteiger partial charge on any atom is 0.258 e. The Kier molecular flexibility index (Phi) is 9.06. The molecule has 1 aromatic heterocycles. The number of hydrogen-bond acceptors (Lipinski definition) is 6. The molecule has 0 bridgehead atoms. The Morgan fingerprint density at radius 3 is 1.74 bits per heavy atom. The van der Waals surface area contributed by atoms with E-state index in [-0.39, 0.29) is 24.5 Å². The first-order chi connectivity index (χ1) is 18.4. The molecular weight excluding hydrogens is 504 g/mol. The van der Waals surface area contributed by atoms with E-state index in [1.165, 1.54) is 4.31 Å². The second-order valence-electron chi connectivity index (χ2n) is 8.68. The maximum atomic E-state index is 13.9. The molecule has 0 unspecified atom stereocenters. The summed E-state index contributed by atoms with van der Waals surface area (Å²) in [5.41, 5.74) is 3.30. The maximum absolute atomic E-state index is 13.9. The summed E-state index contributed by atoms with van der Waals surface area (Å²) in [6.45, 7) is 4.71. The van der Waals surface area contributed by atoms with Crippen LogP contribution in [0.3, 0.4) is 0 Å². The molecule has 0 saturated heterocycles. The van der Waals surface area contributed by atoms with Crippen molar-refractivity contribution in [3.05, 3.63) is 89.5 Å². The van der Waals surface area contributed by atoms with E-state index in [9.17, 15) is 8.42 Å². The van der Waals surface area contributed by atoms with Gasteiger partial charge in [-0.3, -0.25) is 0 Å². The number of aromatic amines is 1. The van der Waals surface area contributed by atoms with Crippen LogP contribution in [-0.2, 0) is 19.5 Å². The number of ether oxygens (including phenoxy) is 4. The third-order valence-corrected chi connectivity index (χ3v) is 8.45. The van der Waals surface area contributed by atoms with E-state index in [0.29, 0.717) is 30.2 Å². The molecule has 0 amide bonds. The van der Waals surface area contributed by atoms with E-state index < -0.39 is 10.0 Å². The van der Waals surface area contributed by atoms with Gasteiger partial charge in [-0.2, -0.15) is 4.31 Å². The van der Waals surface area contributed by atoms with Crippen molar-refractivity contribution >= 4 is 20.9 Å². The molecular formula is C29H34N2O6S. The second-order valence-corrected chi connectivity index (χ2v) is 10.6. The highest BCUT2D eigenvalue weighted by Crippen LogP contribution is 2.41. The average molecular weight is 539 g/mol. The number of methoxy groups -OCH3 is 2. The molecule has 202 valence electrons. The fourth-order valence-electron chi connectivity index (χ4n) is 4.61. The Balaban J connectivity index is 1.94. The first-order valence-electron chi connectivity index (χ1n) is 12.5. The fourth-order valence-corrected chi connectivity index (χ4v) is 6.30. The van der Waals surface area contributed by atoms with Crippen molar-refractivity contribution in [1.82, 2.24) is 9.29 Å². The Labute approximate surface area is 224 Å². The normalized spacial score (nSPS) is 11.9. The molecule has 1 N–H and O–H groups in total. The van der Waals surface area contributed by atoms with Crippen LogP contribution in [0.5, 0.6) is 11.5 Å². The number of aromatic nitrogens is 1. The molecule has 4 rings (SSSR count). The van der Waals surface area contributed by atoms with Crippen molar-refractivity contribution in [2.45, 2.75) is 24.8 Å². The van der Waals surface area contributed by atoms with Gasteiger partial charge < -0.3 is 23.9 Å². The standard InChI is InChI=1S/C29H34N2O6S/c1-5-31(6-2)38(32,33)29-28(25-9-7-8-10-26(25)30-29)27(21-11-15-23(16-12-21)36-19-34-3)22-13-17-24(18-14-22)37-20-35-4/h7-18,27,30H,5-6,19-20H2,1-4H3. The van der Waals surface area contributed by atoms with Crippen molar-refractivity contribution < 1.29 is 27.4 Å². The number of para-hydroxylation sites is 1. The highest BCUT2D eigenvalue weighted by molar-refractivity contribution is 7.89. The Bertz CT molecular complexity index is 1380. The minimum atomic E-state index is -3.80. The highest BCUT2D eigenvalue weighted by Gasteiger charge is 2.33. The number of fused-ring (bicyclic) bond motifs is 1. The van der Waals surface area contributed by atoms with Crippen molar-refractivity contribution in [2.75, 3.05) is 40.9 Å². The van der Waals surface area contributed by atoms with Gasteiger partial charge in [0.05, 0.1) is 0 Å². The highest BCUT2D eigenvalue weighted by atomic mass is 32.2. The van der Waals surface area contributed by atoms with E-state index in [0.717, 1.165) is 22.0 Å². The zero-order valence-corrected chi connectivity index (χ0v) is 23.0. The summed E-state index contributed by atoms with van der Waals surface area (Å²) in [6, 6.07) is 23.0. The van der Waals surface area contributed by atoms with E-state index in [4.69, 9.17) is 18.9 Å². The smallest absolute Gasteiger partial charge is 0.258 e. The Morgan fingerprint density at radius 1 is 0.763 bits per heavy atom. The summed E-state index contributed by atoms with van der Waals surface area (Å²) in [6.07, 6.45) is 0. The number of hydrogen-bond donors (Lipinski definition) is 1. The number of H-pyrrole nitrogens is 1. The molecule has 8 nitrogen and oxygen atoms in total. The van der Waals surface area contributed by atoms with Gasteiger partial charge in [-0.25, -0.2) is 8.42 Å². The van der Waals surface area contributed by atoms with Crippen LogP contribution in [0.15, 0.2) is 77.8 Å². The lowest BCUT2D eigenvalue weighted by Crippen LogP contribution is -2.31. The van der Waals surface area contributed by atoms with E-state index >= 15 is 0 Å². The molecule has 0 aliphatic heterocycles. The molecule has 4 aromatic rings. The molecule has 1 heterocycles. The Hall–Kier alpha value is -3.37. The molecule has 3 aromatic carbocycles. The van der Waals surface area contributed by atoms with Crippen LogP contribution in [0.2, 0.25) is 0 Å². The van der Waals surface area contributed by atoms with Crippen molar-refractivity contribution in [1.29, 1.82) is 0 Å². The van der Waals surface area contributed by atoms with Crippen molar-refractivity contribution in [2.24, 2.45) is 0 Å². The van der Waals surface area contributed by atoms with Gasteiger partial charge >= 0.3 is 0 Å². The van der Waals surface area contributed by atoms with Crippen LogP contribution < -0.4 is 9.47 Å². The Morgan fingerprint density at radius 2 is 1.26 bits per heavy atom. The molecule has 0 radical (unpaired) electrons. The number of nitrogens with one attached hydrogen (secondary N) is 1. The SMILES string of the molecule is CCN(CC)S(=O)(=O)c1[nH]c2ccccc2c1C(c1ccc(OCOC)cc1)c1ccc(OCOC)cc1. The van der Waals surface area contributed by atoms with Gasteiger partial charge in [0.2, 0.25) is 0 Å². The largest absolute Gasteiger partial charge is 0.468 e. The summed E-state index contributed by atoms with van der Waals surface area (Å²) in [4.78, 5) is 3.24. The van der Waals surface area contributed by atoms with Crippen LogP contribution in [0, 0.1) is 0 Å². The third-order valence-electron chi connectivity index (χ3n) is 6.42. The van der Waals surface area contributed by atoms with Gasteiger partial charge in [0.15, 0.2) is 18.6 Å². The van der Waals surface area contributed by atoms with Crippen molar-refractivity contribution in [3.8, 4) is 11.5 Å². The topological polar surface area (TPSA) is 90.1 Å². The number of sulfonamides is 1. The minimum absolute atomic E-state index is 0.139. The fraction of sp³-hybridized carbons (Fsp3) is 0.310. The van der Waals surface area contributed by atoms with Gasteiger partial charge in [0, 0.05) is 49.7 Å². The molecule has 0 fully saturated rings. The van der Waals surface area contributed by atoms with E-state index in [1.54, 1.807) is 14.2 Å². The summed E-state index contributed by atoms with van der Waals surface area (Å²) in [5.74, 6) is 0.930. The molecule has 0 aliphatic rings. The second kappa shape index (κ2) is 12.4. The summed E-state index contributed by atoms with van der Waals surface area (Å²) >= 11 is 0. The quantitative estimate of drug-likeness (QED) is 0.231. The molecule has 0 saturated carbocycles. The lowest BCUT2D eigenvalue weighted by Gasteiger charge is -2.23. The lowest BCUT2D eigenvalue weighted by molar-refractivity contribution is 0.0509. The first kappa shape index (κ1) is 27.7. The molecule has 0 spiro atoms. The lowest BCUT2D eigenvalue weighted by atomic mass is 9.85. The van der Waals surface area contributed by atoms with Gasteiger partial charge in [0.1, 0.15) is 11.5 Å². The van der Waals surface area contributed by atoms with Crippen LogP contribution in [0.1, 0.15) is 36.5 Å². The zero-order chi connectivity index (χ0) is 27.1. The van der Waals surface area contributed by atoms with E-state index in [1.807, 2.05) is 86.6 Å². The molecule has 0 atom stereocenters. The summed E-state index contributed by atoms with van der Waals surface area (Å²) < 4.78 is 50.5. The van der Waals surface area contributed by atoms with Crippen LogP contribution >= 0.6 is 0 Å². The van der Waals surface area contributed by atoms with Gasteiger partial charge in [-0.05, 0) is 41.5 Å². The molecule has 0 aliphatic carbocycles. The first-order valence-corrected chi connectivity index (χ1v) is 13.9. The predicted octanol–water partition coefficient (Wildman–Crippen LogP) is 5.34. The van der Waals surface area contributed by atoms with Gasteiger partial charge in [-0.1, -0.05) is 56.3 Å². The number of benzene rings is 3. The van der Waals surface area contributed by atoms with E-state index in [2.05, 4.69) is 4.98 Å². The summed E-state index contributed by atoms with van der Waals surface area (Å²) in [5, 5.41) is 1.05. The molecule has 38 heavy (non-hydrogen) atoms. The number of rotatable bonds is 13. The third kappa shape index (κ3) is 5.71. The van der Waals surface area contributed by atoms with Crippen LogP contribution in [0.25, 0.3) is 10.9 Å². The van der Waals surface area contributed by atoms with Crippen molar-refractivity contribution in [3.63, 3.8) is 0 Å². The summed E-state index contributed by atoms with van der Waals surface area (Å²) in [7, 11) is -0.662. The van der Waals surface area contributed by atoms with Gasteiger partial charge in [0.25, 0.3) is 10.0 Å². The zero-order valence-electron chi connectivity index (χ0n) is 22.1. The minimum Gasteiger partial charge on any atom is -0.468 e. The number of nitrogens with zero attached hydrogens (tertiary/aromatic N) is 1. The monoisotopic (exact) mass is 538 g/mol. The average Bonchev–Trinajstić information content (AvgIpc) is 3.33.